The molecule has 0 aromatic rings. The first kappa shape index (κ1) is 11.2. The van der Waals surface area contributed by atoms with Crippen molar-refractivity contribution < 1.29 is 18.7 Å². The molecule has 0 aromatic carbocycles. The van der Waals surface area contributed by atoms with Gasteiger partial charge >= 0.3 is 7.75 Å². The molecule has 2 N–H and O–H groups in total. The molecule has 0 bridgehead atoms. The van der Waals surface area contributed by atoms with Crippen molar-refractivity contribution >= 4 is 15.6 Å². The van der Waals surface area contributed by atoms with Gasteiger partial charge in [0.25, 0.3) is 0 Å². The second kappa shape index (κ2) is 4.11. The van der Waals surface area contributed by atoms with Crippen LogP contribution in [0.2, 0.25) is 0 Å². The van der Waals surface area contributed by atoms with E-state index >= 15 is 0 Å². The van der Waals surface area contributed by atoms with Gasteiger partial charge in [0, 0.05) is 19.2 Å². The Kier molecular flexibility index (Phi) is 3.54. The smallest absolute Gasteiger partial charge is 0.383 e. The SMILES string of the molecule is B[C@H]1CC(NP(=O)(O)OC)[C@@H](C)O1. The molecule has 1 aliphatic heterocycles. The molecule has 0 aromatic heterocycles. The van der Waals surface area contributed by atoms with Gasteiger partial charge in [-0.25, -0.2) is 9.65 Å². The van der Waals surface area contributed by atoms with E-state index in [2.05, 4.69) is 9.61 Å². The third-order valence-electron chi connectivity index (χ3n) is 2.18. The maximum atomic E-state index is 11.2. The fraction of sp³-hybridized carbons (Fsp3) is 1.00. The Labute approximate surface area is 78.8 Å². The maximum absolute atomic E-state index is 11.2. The summed E-state index contributed by atoms with van der Waals surface area (Å²) < 4.78 is 21.0. The van der Waals surface area contributed by atoms with Crippen LogP contribution in [0.5, 0.6) is 0 Å². The molecule has 0 amide bonds. The van der Waals surface area contributed by atoms with E-state index in [9.17, 15) is 4.57 Å². The van der Waals surface area contributed by atoms with Gasteiger partial charge in [-0.05, 0) is 13.3 Å². The average Bonchev–Trinajstić information content (AvgIpc) is 2.30. The fourth-order valence-electron chi connectivity index (χ4n) is 1.49. The first-order valence-corrected chi connectivity index (χ1v) is 5.84. The van der Waals surface area contributed by atoms with Gasteiger partial charge in [-0.2, -0.15) is 0 Å². The highest BCUT2D eigenvalue weighted by atomic mass is 31.2. The van der Waals surface area contributed by atoms with Crippen LogP contribution in [0.4, 0.5) is 0 Å². The van der Waals surface area contributed by atoms with Gasteiger partial charge < -0.3 is 14.2 Å². The minimum Gasteiger partial charge on any atom is -0.383 e. The molecule has 7 heteroatoms. The molecule has 0 aliphatic carbocycles. The Hall–Kier alpha value is 0.135. The number of hydrogen-bond acceptors (Lipinski definition) is 3. The standard InChI is InChI=1S/C6H15BNO4P/c1-4-5(3-6(7)12-4)8-13(9,10)11-2/h4-6H,3,7H2,1-2H3,(H2,8,9,10)/t4-,5?,6-/m1/s1. The van der Waals surface area contributed by atoms with Gasteiger partial charge in [-0.15, -0.1) is 0 Å². The van der Waals surface area contributed by atoms with Gasteiger partial charge in [0.1, 0.15) is 7.85 Å². The molecule has 4 atom stereocenters. The van der Waals surface area contributed by atoms with Crippen LogP contribution in [-0.4, -0.2) is 38.0 Å². The van der Waals surface area contributed by atoms with Crippen molar-refractivity contribution in [1.82, 2.24) is 5.09 Å². The normalized spacial score (nSPS) is 38.8. The highest BCUT2D eigenvalue weighted by Crippen LogP contribution is 2.38. The van der Waals surface area contributed by atoms with Crippen molar-refractivity contribution in [3.05, 3.63) is 0 Å². The second-order valence-electron chi connectivity index (χ2n) is 3.33. The number of ether oxygens (including phenoxy) is 1. The van der Waals surface area contributed by atoms with E-state index in [1.807, 2.05) is 14.8 Å². The van der Waals surface area contributed by atoms with Crippen molar-refractivity contribution in [2.24, 2.45) is 0 Å². The number of nitrogens with one attached hydrogen (secondary N) is 1. The Morgan fingerprint density at radius 3 is 2.77 bits per heavy atom. The molecule has 1 heterocycles. The van der Waals surface area contributed by atoms with Crippen LogP contribution < -0.4 is 5.09 Å². The molecule has 0 radical (unpaired) electrons. The molecule has 76 valence electrons. The summed E-state index contributed by atoms with van der Waals surface area (Å²) >= 11 is 0. The minimum absolute atomic E-state index is 0.0503. The molecule has 0 saturated carbocycles. The summed E-state index contributed by atoms with van der Waals surface area (Å²) in [7, 11) is -0.473. The zero-order valence-electron chi connectivity index (χ0n) is 8.06. The average molecular weight is 207 g/mol. The predicted molar refractivity (Wildman–Crippen MR) is 51.3 cm³/mol. The zero-order valence-corrected chi connectivity index (χ0v) is 8.95. The van der Waals surface area contributed by atoms with Crippen LogP contribution in [0.25, 0.3) is 0 Å². The van der Waals surface area contributed by atoms with Gasteiger partial charge in [-0.3, -0.25) is 0 Å². The third kappa shape index (κ3) is 3.07. The van der Waals surface area contributed by atoms with Crippen molar-refractivity contribution in [3.63, 3.8) is 0 Å². The first-order valence-electron chi connectivity index (χ1n) is 4.26. The van der Waals surface area contributed by atoms with Gasteiger partial charge in [0.2, 0.25) is 0 Å². The molecule has 0 spiro atoms. The van der Waals surface area contributed by atoms with E-state index in [0.717, 1.165) is 6.42 Å². The summed E-state index contributed by atoms with van der Waals surface area (Å²) in [5.74, 6) is 0. The Bertz CT molecular complexity index is 227. The predicted octanol–water partition coefficient (Wildman–Crippen LogP) is -0.541. The van der Waals surface area contributed by atoms with E-state index in [1.165, 1.54) is 7.11 Å². The molecular weight excluding hydrogens is 192 g/mol. The van der Waals surface area contributed by atoms with Crippen LogP contribution in [0.15, 0.2) is 0 Å². The maximum Gasteiger partial charge on any atom is 0.403 e. The van der Waals surface area contributed by atoms with E-state index in [4.69, 9.17) is 9.63 Å². The van der Waals surface area contributed by atoms with Crippen LogP contribution in [0, 0.1) is 0 Å². The summed E-state index contributed by atoms with van der Waals surface area (Å²) in [6, 6.07) is 0.0233. The van der Waals surface area contributed by atoms with Crippen LogP contribution in [0.1, 0.15) is 13.3 Å². The van der Waals surface area contributed by atoms with Crippen molar-refractivity contribution in [1.29, 1.82) is 0 Å². The molecule has 2 unspecified atom stereocenters. The lowest BCUT2D eigenvalue weighted by atomic mass is 9.95. The monoisotopic (exact) mass is 207 g/mol. The molecular formula is C6H15BNO4P. The quantitative estimate of drug-likeness (QED) is 0.480. The van der Waals surface area contributed by atoms with Crippen molar-refractivity contribution in [2.45, 2.75) is 31.5 Å². The fourth-order valence-corrected chi connectivity index (χ4v) is 2.33. The lowest BCUT2D eigenvalue weighted by molar-refractivity contribution is 0.0930. The summed E-state index contributed by atoms with van der Waals surface area (Å²) in [6.45, 7) is 1.87. The molecule has 5 nitrogen and oxygen atoms in total. The van der Waals surface area contributed by atoms with E-state index in [1.54, 1.807) is 0 Å². The van der Waals surface area contributed by atoms with Crippen molar-refractivity contribution in [2.75, 3.05) is 7.11 Å². The lowest BCUT2D eigenvalue weighted by Gasteiger charge is -2.18. The topological polar surface area (TPSA) is 67.8 Å². The Morgan fingerprint density at radius 2 is 2.38 bits per heavy atom. The van der Waals surface area contributed by atoms with E-state index in [-0.39, 0.29) is 18.1 Å². The van der Waals surface area contributed by atoms with Crippen LogP contribution in [0.3, 0.4) is 0 Å². The summed E-state index contributed by atoms with van der Waals surface area (Å²) in [5, 5.41) is 2.55. The molecule has 1 rings (SSSR count). The minimum atomic E-state index is -3.62. The van der Waals surface area contributed by atoms with E-state index in [0.29, 0.717) is 0 Å². The second-order valence-corrected chi connectivity index (χ2v) is 4.99. The Morgan fingerprint density at radius 1 is 1.77 bits per heavy atom. The highest BCUT2D eigenvalue weighted by Gasteiger charge is 2.34. The summed E-state index contributed by atoms with van der Waals surface area (Å²) in [4.78, 5) is 9.15. The van der Waals surface area contributed by atoms with Crippen LogP contribution in [-0.2, 0) is 13.8 Å². The summed E-state index contributed by atoms with van der Waals surface area (Å²) in [5.41, 5.74) is 0. The van der Waals surface area contributed by atoms with E-state index < -0.39 is 7.75 Å². The first-order chi connectivity index (χ1) is 5.94. The van der Waals surface area contributed by atoms with Crippen molar-refractivity contribution in [3.8, 4) is 0 Å². The molecule has 1 saturated heterocycles. The lowest BCUT2D eigenvalue weighted by Crippen LogP contribution is -2.32. The molecule has 1 fully saturated rings. The van der Waals surface area contributed by atoms with Gasteiger partial charge in [0.05, 0.1) is 6.10 Å². The van der Waals surface area contributed by atoms with Gasteiger partial charge in [-0.1, -0.05) is 0 Å². The third-order valence-corrected chi connectivity index (χ3v) is 3.33. The highest BCUT2D eigenvalue weighted by molar-refractivity contribution is 7.50. The molecule has 13 heavy (non-hydrogen) atoms. The number of hydrogen-bond donors (Lipinski definition) is 2. The summed E-state index contributed by atoms with van der Waals surface area (Å²) in [6.07, 6.45) is 0.681. The largest absolute Gasteiger partial charge is 0.403 e. The van der Waals surface area contributed by atoms with Crippen LogP contribution >= 0.6 is 7.75 Å². The Balaban J connectivity index is 2.50. The molecule has 1 aliphatic rings. The number of rotatable bonds is 3. The zero-order chi connectivity index (χ0) is 10.1. The van der Waals surface area contributed by atoms with Gasteiger partial charge in [0.15, 0.2) is 0 Å².